The molecule has 0 radical (unpaired) electrons. The third kappa shape index (κ3) is 3.19. The third-order valence-corrected chi connectivity index (χ3v) is 6.02. The van der Waals surface area contributed by atoms with Gasteiger partial charge in [-0.3, -0.25) is 0 Å². The molecule has 4 rings (SSSR count). The zero-order valence-corrected chi connectivity index (χ0v) is 14.9. The second kappa shape index (κ2) is 7.03. The number of piperidine rings is 1. The fraction of sp³-hybridized carbons (Fsp3) is 0.778. The number of nitrogens with zero attached hydrogens (tertiary/aromatic N) is 4. The molecule has 1 aromatic rings. The van der Waals surface area contributed by atoms with Gasteiger partial charge in [0.1, 0.15) is 0 Å². The van der Waals surface area contributed by atoms with Gasteiger partial charge in [-0.1, -0.05) is 6.42 Å². The van der Waals surface area contributed by atoms with Crippen molar-refractivity contribution in [2.45, 2.75) is 38.2 Å². The van der Waals surface area contributed by atoms with Crippen LogP contribution in [-0.2, 0) is 9.47 Å². The summed E-state index contributed by atoms with van der Waals surface area (Å²) in [5, 5.41) is 0. The van der Waals surface area contributed by atoms with Crippen molar-refractivity contribution in [1.82, 2.24) is 9.97 Å². The van der Waals surface area contributed by atoms with E-state index in [1.807, 2.05) is 12.0 Å². The van der Waals surface area contributed by atoms with Gasteiger partial charge < -0.3 is 19.3 Å². The number of aromatic nitrogens is 2. The van der Waals surface area contributed by atoms with Crippen LogP contribution in [0.3, 0.4) is 0 Å². The molecule has 0 unspecified atom stereocenters. The van der Waals surface area contributed by atoms with E-state index in [9.17, 15) is 4.39 Å². The zero-order chi connectivity index (χ0) is 17.3. The highest BCUT2D eigenvalue weighted by Gasteiger charge is 2.46. The molecule has 1 aliphatic carbocycles. The van der Waals surface area contributed by atoms with Crippen LogP contribution in [0.5, 0.6) is 0 Å². The Morgan fingerprint density at radius 1 is 1.20 bits per heavy atom. The summed E-state index contributed by atoms with van der Waals surface area (Å²) in [7, 11) is 1.82. The first-order chi connectivity index (χ1) is 12.2. The number of hydrogen-bond acceptors (Lipinski definition) is 6. The van der Waals surface area contributed by atoms with Crippen molar-refractivity contribution in [3.05, 3.63) is 12.0 Å². The molecular formula is C18H27FN4O2. The lowest BCUT2D eigenvalue weighted by atomic mass is 9.76. The molecule has 2 saturated heterocycles. The van der Waals surface area contributed by atoms with E-state index in [4.69, 9.17) is 9.47 Å². The number of anilines is 2. The Labute approximate surface area is 148 Å². The monoisotopic (exact) mass is 350 g/mol. The third-order valence-electron chi connectivity index (χ3n) is 6.02. The summed E-state index contributed by atoms with van der Waals surface area (Å²) in [4.78, 5) is 13.1. The average Bonchev–Trinajstić information content (AvgIpc) is 3.04. The number of methoxy groups -OCH3 is 1. The number of halogens is 1. The minimum Gasteiger partial charge on any atom is -0.381 e. The Kier molecular flexibility index (Phi) is 4.78. The number of rotatable bonds is 3. The maximum absolute atomic E-state index is 14.3. The van der Waals surface area contributed by atoms with Gasteiger partial charge in [0.15, 0.2) is 11.6 Å². The van der Waals surface area contributed by atoms with Crippen molar-refractivity contribution in [1.29, 1.82) is 0 Å². The van der Waals surface area contributed by atoms with Crippen molar-refractivity contribution in [2.75, 3.05) is 56.3 Å². The molecule has 3 aliphatic rings. The SMILES string of the molecule is CO[C@@H]1CCC[C@@]12CCCN(c1ncc(F)c(N3CCOCC3)n1)C2. The van der Waals surface area contributed by atoms with E-state index in [1.165, 1.54) is 25.5 Å². The first-order valence-corrected chi connectivity index (χ1v) is 9.35. The first-order valence-electron chi connectivity index (χ1n) is 9.35. The Balaban J connectivity index is 1.57. The van der Waals surface area contributed by atoms with Crippen LogP contribution in [0.4, 0.5) is 16.2 Å². The largest absolute Gasteiger partial charge is 0.381 e. The van der Waals surface area contributed by atoms with Crippen molar-refractivity contribution < 1.29 is 13.9 Å². The molecule has 0 N–H and O–H groups in total. The summed E-state index contributed by atoms with van der Waals surface area (Å²) in [5.74, 6) is 0.694. The molecule has 3 heterocycles. The van der Waals surface area contributed by atoms with Crippen LogP contribution in [0, 0.1) is 11.2 Å². The highest BCUT2D eigenvalue weighted by molar-refractivity contribution is 5.46. The van der Waals surface area contributed by atoms with Crippen molar-refractivity contribution in [3.63, 3.8) is 0 Å². The molecule has 3 fully saturated rings. The number of morpholine rings is 1. The highest BCUT2D eigenvalue weighted by atomic mass is 19.1. The lowest BCUT2D eigenvalue weighted by Crippen LogP contribution is -2.48. The molecule has 1 spiro atoms. The van der Waals surface area contributed by atoms with Gasteiger partial charge in [0, 0.05) is 38.7 Å². The molecule has 1 aromatic heterocycles. The van der Waals surface area contributed by atoms with Gasteiger partial charge >= 0.3 is 0 Å². The molecular weight excluding hydrogens is 323 g/mol. The van der Waals surface area contributed by atoms with Crippen molar-refractivity contribution in [2.24, 2.45) is 5.41 Å². The summed E-state index contributed by atoms with van der Waals surface area (Å²) in [5.41, 5.74) is 0.198. The van der Waals surface area contributed by atoms with Gasteiger partial charge in [0.05, 0.1) is 25.5 Å². The van der Waals surface area contributed by atoms with E-state index in [-0.39, 0.29) is 11.2 Å². The Bertz CT molecular complexity index is 611. The Morgan fingerprint density at radius 3 is 2.80 bits per heavy atom. The summed E-state index contributed by atoms with van der Waals surface area (Å²) < 4.78 is 25.4. The van der Waals surface area contributed by atoms with Crippen LogP contribution in [0.25, 0.3) is 0 Å². The van der Waals surface area contributed by atoms with E-state index in [0.29, 0.717) is 44.2 Å². The second-order valence-corrected chi connectivity index (χ2v) is 7.45. The standard InChI is InChI=1S/C18H27FN4O2/c1-24-15-4-2-5-18(15)6-3-7-23(13-18)17-20-12-14(19)16(21-17)22-8-10-25-11-9-22/h12,15H,2-11,13H2,1H3/t15-,18+/m1/s1. The Hall–Kier alpha value is -1.47. The molecule has 2 atom stereocenters. The molecule has 25 heavy (non-hydrogen) atoms. The van der Waals surface area contributed by atoms with Crippen LogP contribution >= 0.6 is 0 Å². The average molecular weight is 350 g/mol. The van der Waals surface area contributed by atoms with Crippen LogP contribution in [0.2, 0.25) is 0 Å². The van der Waals surface area contributed by atoms with Gasteiger partial charge in [-0.05, 0) is 25.7 Å². The quantitative estimate of drug-likeness (QED) is 0.833. The van der Waals surface area contributed by atoms with Crippen LogP contribution in [0.1, 0.15) is 32.1 Å². The second-order valence-electron chi connectivity index (χ2n) is 7.45. The minimum atomic E-state index is -0.354. The van der Waals surface area contributed by atoms with Crippen molar-refractivity contribution >= 4 is 11.8 Å². The Morgan fingerprint density at radius 2 is 2.00 bits per heavy atom. The molecule has 0 amide bonds. The zero-order valence-electron chi connectivity index (χ0n) is 14.9. The van der Waals surface area contributed by atoms with Crippen LogP contribution < -0.4 is 9.80 Å². The van der Waals surface area contributed by atoms with Gasteiger partial charge in [0.25, 0.3) is 0 Å². The molecule has 2 aliphatic heterocycles. The lowest BCUT2D eigenvalue weighted by molar-refractivity contribution is 0.00203. The van der Waals surface area contributed by atoms with Gasteiger partial charge in [-0.15, -0.1) is 0 Å². The smallest absolute Gasteiger partial charge is 0.227 e. The normalized spacial score (nSPS) is 30.2. The van der Waals surface area contributed by atoms with E-state index < -0.39 is 0 Å². The molecule has 0 bridgehead atoms. The van der Waals surface area contributed by atoms with Crippen molar-refractivity contribution in [3.8, 4) is 0 Å². The molecule has 1 saturated carbocycles. The highest BCUT2D eigenvalue weighted by Crippen LogP contribution is 2.46. The number of ether oxygens (including phenoxy) is 2. The summed E-state index contributed by atoms with van der Waals surface area (Å²) in [6, 6.07) is 0. The molecule has 138 valence electrons. The minimum absolute atomic E-state index is 0.198. The summed E-state index contributed by atoms with van der Waals surface area (Å²) >= 11 is 0. The maximum Gasteiger partial charge on any atom is 0.227 e. The molecule has 7 heteroatoms. The van der Waals surface area contributed by atoms with E-state index in [1.54, 1.807) is 0 Å². The van der Waals surface area contributed by atoms with Gasteiger partial charge in [0.2, 0.25) is 5.95 Å². The van der Waals surface area contributed by atoms with Gasteiger partial charge in [-0.2, -0.15) is 4.98 Å². The van der Waals surface area contributed by atoms with Crippen LogP contribution in [-0.4, -0.2) is 62.6 Å². The predicted octanol–water partition coefficient (Wildman–Crippen LogP) is 2.24. The summed E-state index contributed by atoms with van der Waals surface area (Å²) in [6.45, 7) is 4.39. The van der Waals surface area contributed by atoms with E-state index >= 15 is 0 Å². The summed E-state index contributed by atoms with van der Waals surface area (Å²) in [6.07, 6.45) is 7.47. The molecule has 6 nitrogen and oxygen atoms in total. The fourth-order valence-corrected chi connectivity index (χ4v) is 4.77. The first kappa shape index (κ1) is 17.0. The van der Waals surface area contributed by atoms with E-state index in [2.05, 4.69) is 14.9 Å². The number of hydrogen-bond donors (Lipinski definition) is 0. The lowest BCUT2D eigenvalue weighted by Gasteiger charge is -2.43. The predicted molar refractivity (Wildman–Crippen MR) is 93.6 cm³/mol. The topological polar surface area (TPSA) is 50.7 Å². The fourth-order valence-electron chi connectivity index (χ4n) is 4.77. The van der Waals surface area contributed by atoms with E-state index in [0.717, 1.165) is 25.9 Å². The maximum atomic E-state index is 14.3. The van der Waals surface area contributed by atoms with Gasteiger partial charge in [-0.25, -0.2) is 9.37 Å². The molecule has 0 aromatic carbocycles. The van der Waals surface area contributed by atoms with Crippen LogP contribution in [0.15, 0.2) is 6.20 Å².